The van der Waals surface area contributed by atoms with E-state index in [1.807, 2.05) is 0 Å². The maximum absolute atomic E-state index is 13.4. The second kappa shape index (κ2) is 9.78. The SMILES string of the molecule is COc1cc(C(=O)NCC#CCOc2ccccc2F)c([N+](=O)[O-])cc1OC. The van der Waals surface area contributed by atoms with Crippen LogP contribution in [0, 0.1) is 27.8 Å². The Morgan fingerprint density at radius 1 is 1.14 bits per heavy atom. The molecule has 8 nitrogen and oxygen atoms in total. The number of rotatable bonds is 7. The summed E-state index contributed by atoms with van der Waals surface area (Å²) in [6.45, 7) is -0.154. The summed E-state index contributed by atoms with van der Waals surface area (Å²) in [6.07, 6.45) is 0. The van der Waals surface area contributed by atoms with Gasteiger partial charge >= 0.3 is 0 Å². The van der Waals surface area contributed by atoms with Crippen LogP contribution in [0.1, 0.15) is 10.4 Å². The maximum Gasteiger partial charge on any atom is 0.286 e. The number of carbonyl (C=O) groups is 1. The average Bonchev–Trinajstić information content (AvgIpc) is 2.70. The first-order valence-corrected chi connectivity index (χ1v) is 7.99. The number of carbonyl (C=O) groups excluding carboxylic acids is 1. The van der Waals surface area contributed by atoms with E-state index >= 15 is 0 Å². The molecule has 1 amide bonds. The number of para-hydroxylation sites is 1. The van der Waals surface area contributed by atoms with Crippen molar-refractivity contribution in [2.24, 2.45) is 0 Å². The molecule has 0 spiro atoms. The summed E-state index contributed by atoms with van der Waals surface area (Å²) >= 11 is 0. The Labute approximate surface area is 160 Å². The van der Waals surface area contributed by atoms with E-state index in [-0.39, 0.29) is 36.0 Å². The van der Waals surface area contributed by atoms with E-state index in [9.17, 15) is 19.3 Å². The van der Waals surface area contributed by atoms with Gasteiger partial charge in [0.15, 0.2) is 23.1 Å². The first-order chi connectivity index (χ1) is 13.5. The number of nitro groups is 1. The molecule has 146 valence electrons. The first-order valence-electron chi connectivity index (χ1n) is 7.99. The van der Waals surface area contributed by atoms with Crippen molar-refractivity contribution in [1.29, 1.82) is 0 Å². The number of amides is 1. The summed E-state index contributed by atoms with van der Waals surface area (Å²) < 4.78 is 28.6. The zero-order chi connectivity index (χ0) is 20.5. The molecule has 0 fully saturated rings. The van der Waals surface area contributed by atoms with Crippen LogP contribution in [0.25, 0.3) is 0 Å². The van der Waals surface area contributed by atoms with E-state index in [0.29, 0.717) is 0 Å². The van der Waals surface area contributed by atoms with Gasteiger partial charge in [0.2, 0.25) is 0 Å². The van der Waals surface area contributed by atoms with Gasteiger partial charge in [0.1, 0.15) is 12.2 Å². The lowest BCUT2D eigenvalue weighted by atomic mass is 10.1. The highest BCUT2D eigenvalue weighted by Crippen LogP contribution is 2.34. The molecule has 0 saturated heterocycles. The normalized spacial score (nSPS) is 9.68. The predicted octanol–water partition coefficient (Wildman–Crippen LogP) is 2.56. The second-order valence-corrected chi connectivity index (χ2v) is 5.24. The molecule has 0 unspecified atom stereocenters. The molecule has 2 aromatic carbocycles. The van der Waals surface area contributed by atoms with Crippen molar-refractivity contribution in [3.05, 3.63) is 57.9 Å². The zero-order valence-corrected chi connectivity index (χ0v) is 15.2. The minimum absolute atomic E-state index is 0.0711. The molecular weight excluding hydrogens is 371 g/mol. The Bertz CT molecular complexity index is 936. The third kappa shape index (κ3) is 5.11. The fourth-order valence-corrected chi connectivity index (χ4v) is 2.21. The Morgan fingerprint density at radius 2 is 1.82 bits per heavy atom. The van der Waals surface area contributed by atoms with Gasteiger partial charge in [0.05, 0.1) is 31.8 Å². The number of nitrogens with zero attached hydrogens (tertiary/aromatic N) is 1. The van der Waals surface area contributed by atoms with Gasteiger partial charge < -0.3 is 19.5 Å². The second-order valence-electron chi connectivity index (χ2n) is 5.24. The van der Waals surface area contributed by atoms with Crippen molar-refractivity contribution >= 4 is 11.6 Å². The number of benzene rings is 2. The number of nitrogens with one attached hydrogen (secondary N) is 1. The number of hydrogen-bond donors (Lipinski definition) is 1. The van der Waals surface area contributed by atoms with Crippen LogP contribution in [-0.2, 0) is 0 Å². The Balaban J connectivity index is 2.00. The van der Waals surface area contributed by atoms with Crippen LogP contribution in [0.3, 0.4) is 0 Å². The zero-order valence-electron chi connectivity index (χ0n) is 15.2. The van der Waals surface area contributed by atoms with Crippen molar-refractivity contribution in [3.63, 3.8) is 0 Å². The van der Waals surface area contributed by atoms with Crippen molar-refractivity contribution in [1.82, 2.24) is 5.32 Å². The van der Waals surface area contributed by atoms with E-state index in [4.69, 9.17) is 14.2 Å². The molecule has 0 aliphatic rings. The van der Waals surface area contributed by atoms with Crippen LogP contribution in [0.2, 0.25) is 0 Å². The van der Waals surface area contributed by atoms with Gasteiger partial charge in [-0.05, 0) is 12.1 Å². The van der Waals surface area contributed by atoms with Gasteiger partial charge in [0, 0.05) is 6.07 Å². The smallest absolute Gasteiger partial charge is 0.286 e. The molecule has 0 atom stereocenters. The predicted molar refractivity (Wildman–Crippen MR) is 98.2 cm³/mol. The minimum Gasteiger partial charge on any atom is -0.493 e. The summed E-state index contributed by atoms with van der Waals surface area (Å²) in [5, 5.41) is 13.7. The van der Waals surface area contributed by atoms with Gasteiger partial charge in [-0.15, -0.1) is 0 Å². The number of nitro benzene ring substituents is 1. The Morgan fingerprint density at radius 3 is 2.46 bits per heavy atom. The molecule has 0 saturated carbocycles. The van der Waals surface area contributed by atoms with Crippen LogP contribution in [0.4, 0.5) is 10.1 Å². The molecule has 0 aliphatic heterocycles. The van der Waals surface area contributed by atoms with E-state index < -0.39 is 22.3 Å². The van der Waals surface area contributed by atoms with Crippen molar-refractivity contribution in [3.8, 4) is 29.1 Å². The number of methoxy groups -OCH3 is 2. The van der Waals surface area contributed by atoms with Crippen LogP contribution in [-0.4, -0.2) is 38.2 Å². The van der Waals surface area contributed by atoms with Crippen molar-refractivity contribution in [2.75, 3.05) is 27.4 Å². The van der Waals surface area contributed by atoms with E-state index in [1.54, 1.807) is 6.07 Å². The molecule has 0 aliphatic carbocycles. The van der Waals surface area contributed by atoms with E-state index in [2.05, 4.69) is 17.2 Å². The molecule has 0 radical (unpaired) electrons. The molecule has 28 heavy (non-hydrogen) atoms. The molecule has 0 heterocycles. The van der Waals surface area contributed by atoms with Gasteiger partial charge in [0.25, 0.3) is 11.6 Å². The topological polar surface area (TPSA) is 99.9 Å². The summed E-state index contributed by atoms with van der Waals surface area (Å²) in [5.74, 6) is 4.42. The van der Waals surface area contributed by atoms with Gasteiger partial charge in [-0.1, -0.05) is 24.0 Å². The Hall–Kier alpha value is -3.80. The molecule has 0 aromatic heterocycles. The third-order valence-corrected chi connectivity index (χ3v) is 3.54. The number of ether oxygens (including phenoxy) is 3. The standard InChI is InChI=1S/C19H17FN2O6/c1-26-17-11-13(15(22(24)25)12-18(17)27-2)19(23)21-9-5-6-10-28-16-8-4-3-7-14(16)20/h3-4,7-8,11-12H,9-10H2,1-2H3,(H,21,23). The van der Waals surface area contributed by atoms with Crippen molar-refractivity contribution in [2.45, 2.75) is 0 Å². The molecular formula is C19H17FN2O6. The summed E-state index contributed by atoms with van der Waals surface area (Å²) in [4.78, 5) is 22.8. The van der Waals surface area contributed by atoms with Crippen LogP contribution < -0.4 is 19.5 Å². The van der Waals surface area contributed by atoms with Gasteiger partial charge in [-0.3, -0.25) is 14.9 Å². The fraction of sp³-hybridized carbons (Fsp3) is 0.211. The van der Waals surface area contributed by atoms with Crippen LogP contribution in [0.5, 0.6) is 17.2 Å². The lowest BCUT2D eigenvalue weighted by molar-refractivity contribution is -0.385. The van der Waals surface area contributed by atoms with Gasteiger partial charge in [-0.2, -0.15) is 0 Å². The third-order valence-electron chi connectivity index (χ3n) is 3.54. The summed E-state index contributed by atoms with van der Waals surface area (Å²) in [6, 6.07) is 8.23. The molecule has 2 rings (SSSR count). The lowest BCUT2D eigenvalue weighted by Gasteiger charge is -2.10. The number of halogens is 1. The molecule has 1 N–H and O–H groups in total. The molecule has 2 aromatic rings. The summed E-state index contributed by atoms with van der Waals surface area (Å²) in [5.41, 5.74) is -0.613. The number of hydrogen-bond acceptors (Lipinski definition) is 6. The summed E-state index contributed by atoms with van der Waals surface area (Å²) in [7, 11) is 2.69. The quantitative estimate of drug-likeness (QED) is 0.445. The fourth-order valence-electron chi connectivity index (χ4n) is 2.21. The average molecular weight is 388 g/mol. The first kappa shape index (κ1) is 20.5. The lowest BCUT2D eigenvalue weighted by Crippen LogP contribution is -2.24. The van der Waals surface area contributed by atoms with Gasteiger partial charge in [-0.25, -0.2) is 4.39 Å². The van der Waals surface area contributed by atoms with E-state index in [0.717, 1.165) is 6.07 Å². The van der Waals surface area contributed by atoms with Crippen molar-refractivity contribution < 1.29 is 28.3 Å². The Kier molecular flexibility index (Phi) is 7.16. The molecule has 0 bridgehead atoms. The van der Waals surface area contributed by atoms with E-state index in [1.165, 1.54) is 38.5 Å². The molecule has 9 heteroatoms. The highest BCUT2D eigenvalue weighted by atomic mass is 19.1. The highest BCUT2D eigenvalue weighted by molar-refractivity contribution is 5.99. The largest absolute Gasteiger partial charge is 0.493 e. The van der Waals surface area contributed by atoms with Crippen LogP contribution >= 0.6 is 0 Å². The maximum atomic E-state index is 13.4. The highest BCUT2D eigenvalue weighted by Gasteiger charge is 2.24. The monoisotopic (exact) mass is 388 g/mol. The van der Waals surface area contributed by atoms with Crippen LogP contribution in [0.15, 0.2) is 36.4 Å². The minimum atomic E-state index is -0.697.